The van der Waals surface area contributed by atoms with Crippen LogP contribution in [0, 0.1) is 13.8 Å². The summed E-state index contributed by atoms with van der Waals surface area (Å²) in [5.41, 5.74) is 3.21. The number of aromatic hydroxyl groups is 1. The summed E-state index contributed by atoms with van der Waals surface area (Å²) >= 11 is 0. The third kappa shape index (κ3) is 2.82. The number of rotatable bonds is 3. The topological polar surface area (TPSA) is 87.8 Å². The van der Waals surface area contributed by atoms with Crippen LogP contribution in [-0.2, 0) is 4.79 Å². The minimum atomic E-state index is -0.293. The number of phenols is 1. The zero-order valence-corrected chi connectivity index (χ0v) is 14.9. The van der Waals surface area contributed by atoms with Gasteiger partial charge in [-0.1, -0.05) is 5.16 Å². The number of phenolic OH excluding ortho intramolecular Hbond substituents is 1. The van der Waals surface area contributed by atoms with Gasteiger partial charge in [-0.15, -0.1) is 0 Å². The molecule has 1 aliphatic rings. The second-order valence-corrected chi connectivity index (χ2v) is 6.15. The molecule has 0 saturated carbocycles. The van der Waals surface area contributed by atoms with Gasteiger partial charge >= 0.3 is 0 Å². The largest absolute Gasteiger partial charge is 0.504 e. The molecule has 0 fully saturated rings. The first-order chi connectivity index (χ1) is 11.8. The van der Waals surface area contributed by atoms with Crippen LogP contribution >= 0.6 is 0 Å². The van der Waals surface area contributed by atoms with E-state index < -0.39 is 0 Å². The quantitative estimate of drug-likeness (QED) is 0.891. The molecule has 0 bridgehead atoms. The van der Waals surface area contributed by atoms with E-state index >= 15 is 0 Å². The number of benzene rings is 1. The van der Waals surface area contributed by atoms with Crippen LogP contribution in [0.3, 0.4) is 0 Å². The van der Waals surface area contributed by atoms with Gasteiger partial charge in [0, 0.05) is 13.2 Å². The SMILES string of the molecule is COc1cc2c(cc1O)C(C(=O)Nc1c(C)noc1C)=CN(C)C2C. The second kappa shape index (κ2) is 6.16. The molecular formula is C18H21N3O4. The number of anilines is 1. The maximum absolute atomic E-state index is 12.9. The van der Waals surface area contributed by atoms with Crippen LogP contribution in [0.25, 0.3) is 5.57 Å². The summed E-state index contributed by atoms with van der Waals surface area (Å²) < 4.78 is 10.3. The average Bonchev–Trinajstić information content (AvgIpc) is 2.89. The van der Waals surface area contributed by atoms with Gasteiger partial charge in [0.1, 0.15) is 11.4 Å². The monoisotopic (exact) mass is 343 g/mol. The highest BCUT2D eigenvalue weighted by atomic mass is 16.5. The number of hydrogen-bond donors (Lipinski definition) is 2. The molecule has 1 unspecified atom stereocenters. The smallest absolute Gasteiger partial charge is 0.257 e. The Labute approximate surface area is 145 Å². The Morgan fingerprint density at radius 3 is 2.72 bits per heavy atom. The highest BCUT2D eigenvalue weighted by molar-refractivity contribution is 6.26. The molecule has 7 heteroatoms. The molecule has 0 spiro atoms. The van der Waals surface area contributed by atoms with E-state index in [1.54, 1.807) is 32.2 Å². The predicted octanol–water partition coefficient (Wildman–Crippen LogP) is 2.99. The maximum atomic E-state index is 12.9. The van der Waals surface area contributed by atoms with Gasteiger partial charge in [0.2, 0.25) is 0 Å². The van der Waals surface area contributed by atoms with Gasteiger partial charge in [-0.25, -0.2) is 0 Å². The van der Waals surface area contributed by atoms with Gasteiger partial charge in [0.25, 0.3) is 5.91 Å². The average molecular weight is 343 g/mol. The summed E-state index contributed by atoms with van der Waals surface area (Å²) in [7, 11) is 3.40. The number of nitrogens with one attached hydrogen (secondary N) is 1. The Bertz CT molecular complexity index is 850. The Kier molecular flexibility index (Phi) is 4.16. The standard InChI is InChI=1S/C18H21N3O4/c1-9-17(11(3)25-20-9)19-18(23)14-8-21(4)10(2)12-7-16(24-5)15(22)6-13(12)14/h6-8,10,22H,1-5H3,(H,19,23). The number of methoxy groups -OCH3 is 1. The summed E-state index contributed by atoms with van der Waals surface area (Å²) in [4.78, 5) is 14.8. The van der Waals surface area contributed by atoms with Gasteiger partial charge in [0.05, 0.1) is 18.7 Å². The minimum Gasteiger partial charge on any atom is -0.504 e. The lowest BCUT2D eigenvalue weighted by Gasteiger charge is -2.32. The fraction of sp³-hybridized carbons (Fsp3) is 0.333. The highest BCUT2D eigenvalue weighted by Gasteiger charge is 2.28. The van der Waals surface area contributed by atoms with Crippen LogP contribution in [0.4, 0.5) is 5.69 Å². The summed E-state index contributed by atoms with van der Waals surface area (Å²) in [5.74, 6) is 0.626. The van der Waals surface area contributed by atoms with Crippen LogP contribution < -0.4 is 10.1 Å². The number of aromatic nitrogens is 1. The van der Waals surface area contributed by atoms with E-state index in [-0.39, 0.29) is 17.7 Å². The van der Waals surface area contributed by atoms with Crippen LogP contribution in [-0.4, -0.2) is 35.2 Å². The fourth-order valence-corrected chi connectivity index (χ4v) is 2.95. The van der Waals surface area contributed by atoms with Crippen molar-refractivity contribution in [3.8, 4) is 11.5 Å². The Hall–Kier alpha value is -2.96. The maximum Gasteiger partial charge on any atom is 0.257 e. The normalized spacial score (nSPS) is 16.3. The van der Waals surface area contributed by atoms with Crippen molar-refractivity contribution in [1.82, 2.24) is 10.1 Å². The van der Waals surface area contributed by atoms with E-state index in [0.717, 1.165) is 5.56 Å². The Morgan fingerprint density at radius 1 is 1.40 bits per heavy atom. The molecule has 1 aromatic carbocycles. The third-order valence-electron chi connectivity index (χ3n) is 4.55. The first-order valence-electron chi connectivity index (χ1n) is 7.92. The summed E-state index contributed by atoms with van der Waals surface area (Å²) in [5, 5.41) is 16.8. The minimum absolute atomic E-state index is 0.00552. The van der Waals surface area contributed by atoms with Crippen molar-refractivity contribution in [2.24, 2.45) is 0 Å². The van der Waals surface area contributed by atoms with Gasteiger partial charge in [0.15, 0.2) is 17.3 Å². The first kappa shape index (κ1) is 16.9. The van der Waals surface area contributed by atoms with Crippen molar-refractivity contribution < 1.29 is 19.2 Å². The molecule has 132 valence electrons. The van der Waals surface area contributed by atoms with Crippen molar-refractivity contribution in [3.05, 3.63) is 40.9 Å². The molecule has 25 heavy (non-hydrogen) atoms. The molecule has 1 atom stereocenters. The van der Waals surface area contributed by atoms with E-state index in [1.807, 2.05) is 18.9 Å². The molecule has 7 nitrogen and oxygen atoms in total. The van der Waals surface area contributed by atoms with E-state index in [2.05, 4.69) is 10.5 Å². The molecule has 3 rings (SSSR count). The molecular weight excluding hydrogens is 322 g/mol. The van der Waals surface area contributed by atoms with Crippen molar-refractivity contribution in [2.75, 3.05) is 19.5 Å². The second-order valence-electron chi connectivity index (χ2n) is 6.15. The predicted molar refractivity (Wildman–Crippen MR) is 93.4 cm³/mol. The van der Waals surface area contributed by atoms with Crippen LogP contribution in [0.15, 0.2) is 22.9 Å². The number of hydrogen-bond acceptors (Lipinski definition) is 6. The van der Waals surface area contributed by atoms with Crippen molar-refractivity contribution >= 4 is 17.2 Å². The third-order valence-corrected chi connectivity index (χ3v) is 4.55. The van der Waals surface area contributed by atoms with E-state index in [4.69, 9.17) is 9.26 Å². The number of amides is 1. The lowest BCUT2D eigenvalue weighted by Crippen LogP contribution is -2.26. The Balaban J connectivity index is 2.04. The molecule has 0 aliphatic carbocycles. The molecule has 1 aromatic heterocycles. The van der Waals surface area contributed by atoms with Crippen LogP contribution in [0.5, 0.6) is 11.5 Å². The van der Waals surface area contributed by atoms with Gasteiger partial charge in [-0.3, -0.25) is 4.79 Å². The number of carbonyl (C=O) groups excluding carboxylic acids is 1. The lowest BCUT2D eigenvalue weighted by molar-refractivity contribution is -0.111. The Morgan fingerprint density at radius 2 is 2.12 bits per heavy atom. The highest BCUT2D eigenvalue weighted by Crippen LogP contribution is 2.40. The zero-order chi connectivity index (χ0) is 18.3. The van der Waals surface area contributed by atoms with E-state index in [9.17, 15) is 9.90 Å². The van der Waals surface area contributed by atoms with Crippen molar-refractivity contribution in [1.29, 1.82) is 0 Å². The first-order valence-corrected chi connectivity index (χ1v) is 7.92. The van der Waals surface area contributed by atoms with Gasteiger partial charge in [-0.05, 0) is 44.0 Å². The zero-order valence-electron chi connectivity index (χ0n) is 14.9. The molecule has 2 heterocycles. The number of fused-ring (bicyclic) bond motifs is 1. The molecule has 0 radical (unpaired) electrons. The number of ether oxygens (including phenoxy) is 1. The van der Waals surface area contributed by atoms with Crippen LogP contribution in [0.1, 0.15) is 35.5 Å². The number of nitrogens with zero attached hydrogens (tertiary/aromatic N) is 2. The summed E-state index contributed by atoms with van der Waals surface area (Å²) in [6.07, 6.45) is 1.77. The van der Waals surface area contributed by atoms with Crippen molar-refractivity contribution in [3.63, 3.8) is 0 Å². The number of carbonyl (C=O) groups is 1. The number of aryl methyl sites for hydroxylation is 2. The molecule has 1 aliphatic heterocycles. The van der Waals surface area contributed by atoms with Gasteiger partial charge in [-0.2, -0.15) is 0 Å². The summed E-state index contributed by atoms with van der Waals surface area (Å²) in [6.45, 7) is 5.53. The van der Waals surface area contributed by atoms with Crippen molar-refractivity contribution in [2.45, 2.75) is 26.8 Å². The van der Waals surface area contributed by atoms with Gasteiger partial charge < -0.3 is 24.6 Å². The van der Waals surface area contributed by atoms with E-state index in [1.165, 1.54) is 7.11 Å². The molecule has 1 amide bonds. The lowest BCUT2D eigenvalue weighted by atomic mass is 9.91. The molecule has 2 N–H and O–H groups in total. The fourth-order valence-electron chi connectivity index (χ4n) is 2.95. The summed E-state index contributed by atoms with van der Waals surface area (Å²) in [6, 6.07) is 3.37. The molecule has 2 aromatic rings. The molecule has 0 saturated heterocycles. The van der Waals surface area contributed by atoms with Crippen LogP contribution in [0.2, 0.25) is 0 Å². The van der Waals surface area contributed by atoms with E-state index in [0.29, 0.717) is 34.0 Å².